The van der Waals surface area contributed by atoms with E-state index in [9.17, 15) is 4.79 Å². The zero-order valence-corrected chi connectivity index (χ0v) is 17.9. The van der Waals surface area contributed by atoms with Gasteiger partial charge in [-0.15, -0.1) is 0 Å². The van der Waals surface area contributed by atoms with E-state index in [0.717, 1.165) is 29.9 Å². The zero-order chi connectivity index (χ0) is 20.4. The van der Waals surface area contributed by atoms with Crippen LogP contribution in [-0.4, -0.2) is 48.8 Å². The molecule has 1 aromatic heterocycles. The van der Waals surface area contributed by atoms with E-state index in [0.29, 0.717) is 33.8 Å². The molecule has 0 saturated heterocycles. The van der Waals surface area contributed by atoms with Gasteiger partial charge >= 0.3 is 0 Å². The van der Waals surface area contributed by atoms with E-state index in [4.69, 9.17) is 26.1 Å². The van der Waals surface area contributed by atoms with Gasteiger partial charge in [-0.1, -0.05) is 36.8 Å². The molecule has 0 saturated carbocycles. The van der Waals surface area contributed by atoms with Crippen LogP contribution in [0.2, 0.25) is 5.02 Å². The first-order valence-electron chi connectivity index (χ1n) is 9.59. The fourth-order valence-corrected chi connectivity index (χ4v) is 4.36. The van der Waals surface area contributed by atoms with Crippen molar-refractivity contribution in [2.45, 2.75) is 13.8 Å². The minimum Gasteiger partial charge on any atom is -0.454 e. The third-order valence-corrected chi connectivity index (χ3v) is 6.27. The van der Waals surface area contributed by atoms with Crippen LogP contribution >= 0.6 is 22.9 Å². The maximum atomic E-state index is 13.3. The predicted molar refractivity (Wildman–Crippen MR) is 117 cm³/mol. The molecule has 1 amide bonds. The number of carbonyl (C=O) groups is 1. The Balaban J connectivity index is 1.68. The lowest BCUT2D eigenvalue weighted by Gasteiger charge is -2.24. The number of nitrogens with zero attached hydrogens (tertiary/aromatic N) is 3. The van der Waals surface area contributed by atoms with Crippen molar-refractivity contribution in [3.8, 4) is 11.5 Å². The van der Waals surface area contributed by atoms with Gasteiger partial charge in [0, 0.05) is 35.8 Å². The van der Waals surface area contributed by atoms with Crippen molar-refractivity contribution < 1.29 is 14.3 Å². The van der Waals surface area contributed by atoms with E-state index >= 15 is 0 Å². The molecule has 3 aromatic rings. The Bertz CT molecular complexity index is 977. The number of benzene rings is 2. The molecule has 0 spiro atoms. The van der Waals surface area contributed by atoms with Gasteiger partial charge in [-0.05, 0) is 37.4 Å². The van der Waals surface area contributed by atoms with Gasteiger partial charge < -0.3 is 14.4 Å². The number of halogens is 1. The molecule has 0 aliphatic carbocycles. The average molecular weight is 432 g/mol. The second kappa shape index (κ2) is 8.57. The molecular weight excluding hydrogens is 410 g/mol. The summed E-state index contributed by atoms with van der Waals surface area (Å²) < 4.78 is 11.9. The Labute approximate surface area is 178 Å². The third-order valence-electron chi connectivity index (χ3n) is 4.97. The van der Waals surface area contributed by atoms with Crippen LogP contribution in [0.25, 0.3) is 10.2 Å². The van der Waals surface area contributed by atoms with E-state index in [-0.39, 0.29) is 12.7 Å². The second-order valence-electron chi connectivity index (χ2n) is 6.66. The van der Waals surface area contributed by atoms with E-state index in [1.165, 1.54) is 11.3 Å². The summed E-state index contributed by atoms with van der Waals surface area (Å²) in [6.45, 7) is 7.65. The summed E-state index contributed by atoms with van der Waals surface area (Å²) in [5.41, 5.74) is 1.38. The first-order chi connectivity index (χ1) is 14.1. The Hall–Kier alpha value is -2.35. The number of ether oxygens (including phenoxy) is 2. The van der Waals surface area contributed by atoms with Crippen LogP contribution in [0, 0.1) is 0 Å². The van der Waals surface area contributed by atoms with E-state index < -0.39 is 0 Å². The van der Waals surface area contributed by atoms with E-state index in [1.807, 2.05) is 12.1 Å². The molecule has 0 atom stereocenters. The molecule has 0 bridgehead atoms. The molecule has 0 radical (unpaired) electrons. The number of rotatable bonds is 7. The highest BCUT2D eigenvalue weighted by atomic mass is 35.5. The van der Waals surface area contributed by atoms with Crippen molar-refractivity contribution in [1.29, 1.82) is 0 Å². The summed E-state index contributed by atoms with van der Waals surface area (Å²) in [5.74, 6) is 1.31. The summed E-state index contributed by atoms with van der Waals surface area (Å²) in [7, 11) is 0. The number of amides is 1. The monoisotopic (exact) mass is 431 g/mol. The van der Waals surface area contributed by atoms with Gasteiger partial charge in [0.05, 0.1) is 10.2 Å². The van der Waals surface area contributed by atoms with Crippen molar-refractivity contribution >= 4 is 44.2 Å². The summed E-state index contributed by atoms with van der Waals surface area (Å²) in [6.07, 6.45) is 0. The number of hydrogen-bond donors (Lipinski definition) is 0. The SMILES string of the molecule is CCN(CC)CCN(C(=O)c1ccc(Cl)cc1)c1nc2cc3c(cc2s1)OCO3. The lowest BCUT2D eigenvalue weighted by molar-refractivity contribution is 0.0984. The predicted octanol–water partition coefficient (Wildman–Crippen LogP) is 4.67. The zero-order valence-electron chi connectivity index (χ0n) is 16.4. The van der Waals surface area contributed by atoms with Gasteiger partial charge in [0.2, 0.25) is 6.79 Å². The van der Waals surface area contributed by atoms with Crippen molar-refractivity contribution in [3.05, 3.63) is 47.0 Å². The standard InChI is InChI=1S/C21H22ClN3O3S/c1-3-24(4-2)9-10-25(20(26)14-5-7-15(22)8-6-14)21-23-16-11-17-18(28-13-27-17)12-19(16)29-21/h5-8,11-12H,3-4,9-10,13H2,1-2H3. The highest BCUT2D eigenvalue weighted by Gasteiger charge is 2.23. The van der Waals surface area contributed by atoms with Crippen LogP contribution in [0.15, 0.2) is 36.4 Å². The number of hydrogen-bond acceptors (Lipinski definition) is 6. The Morgan fingerprint density at radius 1 is 1.10 bits per heavy atom. The third kappa shape index (κ3) is 4.17. The van der Waals surface area contributed by atoms with E-state index in [2.05, 4.69) is 18.7 Å². The van der Waals surface area contributed by atoms with Crippen molar-refractivity contribution in [2.24, 2.45) is 0 Å². The summed E-state index contributed by atoms with van der Waals surface area (Å²) in [6, 6.07) is 10.8. The Kier molecular flexibility index (Phi) is 5.89. The number of thiazole rings is 1. The molecule has 152 valence electrons. The van der Waals surface area contributed by atoms with Gasteiger partial charge in [-0.25, -0.2) is 4.98 Å². The molecule has 0 unspecified atom stereocenters. The van der Waals surface area contributed by atoms with Gasteiger partial charge in [-0.3, -0.25) is 9.69 Å². The quantitative estimate of drug-likeness (QED) is 0.544. The highest BCUT2D eigenvalue weighted by Crippen LogP contribution is 2.40. The minimum atomic E-state index is -0.0899. The van der Waals surface area contributed by atoms with Gasteiger partial charge in [0.25, 0.3) is 5.91 Å². The minimum absolute atomic E-state index is 0.0899. The molecule has 0 N–H and O–H groups in total. The molecule has 0 fully saturated rings. The first kappa shape index (κ1) is 19.9. The summed E-state index contributed by atoms with van der Waals surface area (Å²) in [5, 5.41) is 1.27. The van der Waals surface area contributed by atoms with Crippen LogP contribution < -0.4 is 14.4 Å². The smallest absolute Gasteiger partial charge is 0.260 e. The average Bonchev–Trinajstić information content (AvgIpc) is 3.35. The maximum Gasteiger partial charge on any atom is 0.260 e. The number of aromatic nitrogens is 1. The van der Waals surface area contributed by atoms with Crippen LogP contribution in [0.1, 0.15) is 24.2 Å². The molecule has 2 aromatic carbocycles. The molecule has 1 aliphatic rings. The van der Waals surface area contributed by atoms with Gasteiger partial charge in [-0.2, -0.15) is 0 Å². The normalized spacial score (nSPS) is 12.7. The molecule has 4 rings (SSSR count). The largest absolute Gasteiger partial charge is 0.454 e. The fourth-order valence-electron chi connectivity index (χ4n) is 3.23. The maximum absolute atomic E-state index is 13.3. The number of fused-ring (bicyclic) bond motifs is 2. The van der Waals surface area contributed by atoms with Crippen LogP contribution in [0.3, 0.4) is 0 Å². The van der Waals surface area contributed by atoms with Crippen LogP contribution in [0.5, 0.6) is 11.5 Å². The molecule has 1 aliphatic heterocycles. The molecule has 6 nitrogen and oxygen atoms in total. The van der Waals surface area contributed by atoms with Crippen molar-refractivity contribution in [2.75, 3.05) is 37.9 Å². The number of likely N-dealkylation sites (N-methyl/N-ethyl adjacent to an activating group) is 1. The Morgan fingerprint density at radius 3 is 2.48 bits per heavy atom. The van der Waals surface area contributed by atoms with E-state index in [1.54, 1.807) is 29.2 Å². The van der Waals surface area contributed by atoms with Crippen LogP contribution in [-0.2, 0) is 0 Å². The van der Waals surface area contributed by atoms with Crippen molar-refractivity contribution in [1.82, 2.24) is 9.88 Å². The lowest BCUT2D eigenvalue weighted by Crippen LogP contribution is -2.38. The summed E-state index contributed by atoms with van der Waals surface area (Å²) >= 11 is 7.47. The molecule has 2 heterocycles. The van der Waals surface area contributed by atoms with Crippen LogP contribution in [0.4, 0.5) is 5.13 Å². The fraction of sp³-hybridized carbons (Fsp3) is 0.333. The number of anilines is 1. The molecule has 29 heavy (non-hydrogen) atoms. The van der Waals surface area contributed by atoms with Crippen molar-refractivity contribution in [3.63, 3.8) is 0 Å². The van der Waals surface area contributed by atoms with Gasteiger partial charge in [0.15, 0.2) is 16.6 Å². The highest BCUT2D eigenvalue weighted by molar-refractivity contribution is 7.22. The topological polar surface area (TPSA) is 54.9 Å². The first-order valence-corrected chi connectivity index (χ1v) is 10.8. The molecular formula is C21H22ClN3O3S. The van der Waals surface area contributed by atoms with Gasteiger partial charge in [0.1, 0.15) is 0 Å². The Morgan fingerprint density at radius 2 is 1.79 bits per heavy atom. The molecule has 8 heteroatoms. The summed E-state index contributed by atoms with van der Waals surface area (Å²) in [4.78, 5) is 22.1. The second-order valence-corrected chi connectivity index (χ2v) is 8.11. The number of carbonyl (C=O) groups excluding carboxylic acids is 1. The lowest BCUT2D eigenvalue weighted by atomic mass is 10.2.